The highest BCUT2D eigenvalue weighted by Gasteiger charge is 2.32. The van der Waals surface area contributed by atoms with Crippen LogP contribution in [-0.4, -0.2) is 50.1 Å². The number of hydrogen-bond donors (Lipinski definition) is 2. The normalized spacial score (nSPS) is 16.7. The Morgan fingerprint density at radius 2 is 1.63 bits per heavy atom. The fourth-order valence-electron chi connectivity index (χ4n) is 5.52. The lowest BCUT2D eigenvalue weighted by Gasteiger charge is -2.38. The van der Waals surface area contributed by atoms with Gasteiger partial charge in [0, 0.05) is 38.2 Å². The summed E-state index contributed by atoms with van der Waals surface area (Å²) in [4.78, 5) is 28.0. The Kier molecular flexibility index (Phi) is 11.6. The van der Waals surface area contributed by atoms with Gasteiger partial charge in [-0.2, -0.15) is 0 Å². The number of rotatable bonds is 14. The molecule has 3 aromatic carbocycles. The van der Waals surface area contributed by atoms with Gasteiger partial charge in [0.1, 0.15) is 11.5 Å². The Morgan fingerprint density at radius 1 is 0.902 bits per heavy atom. The molecular formula is C34H43N3O4. The number of methoxy groups -OCH3 is 1. The highest BCUT2D eigenvalue weighted by molar-refractivity contribution is 5.78. The van der Waals surface area contributed by atoms with Crippen LogP contribution in [0.3, 0.4) is 0 Å². The third-order valence-electron chi connectivity index (χ3n) is 7.88. The summed E-state index contributed by atoms with van der Waals surface area (Å²) in [6, 6.07) is 25.8. The number of likely N-dealkylation sites (tertiary alicyclic amines) is 1. The van der Waals surface area contributed by atoms with Crippen molar-refractivity contribution in [3.63, 3.8) is 0 Å². The van der Waals surface area contributed by atoms with Gasteiger partial charge in [0.25, 0.3) is 0 Å². The van der Waals surface area contributed by atoms with Crippen molar-refractivity contribution in [1.29, 1.82) is 0 Å². The number of nitrogens with zero attached hydrogens (tertiary/aromatic N) is 1. The maximum Gasteiger partial charge on any atom is 0.236 e. The van der Waals surface area contributed by atoms with Crippen molar-refractivity contribution in [2.24, 2.45) is 11.8 Å². The van der Waals surface area contributed by atoms with Crippen LogP contribution < -0.4 is 20.1 Å². The van der Waals surface area contributed by atoms with Gasteiger partial charge in [-0.25, -0.2) is 0 Å². The average molecular weight is 558 g/mol. The number of carbonyl (C=O) groups is 2. The minimum atomic E-state index is 0.0678. The van der Waals surface area contributed by atoms with E-state index in [1.165, 1.54) is 0 Å². The van der Waals surface area contributed by atoms with Crippen LogP contribution in [0.5, 0.6) is 11.5 Å². The van der Waals surface area contributed by atoms with Gasteiger partial charge in [-0.05, 0) is 61.3 Å². The molecule has 1 heterocycles. The molecule has 0 bridgehead atoms. The van der Waals surface area contributed by atoms with Crippen LogP contribution in [0.2, 0.25) is 0 Å². The highest BCUT2D eigenvalue weighted by Crippen LogP contribution is 2.30. The zero-order valence-electron chi connectivity index (χ0n) is 24.3. The average Bonchev–Trinajstić information content (AvgIpc) is 3.00. The highest BCUT2D eigenvalue weighted by atomic mass is 16.5. The molecule has 2 amide bonds. The number of carbonyl (C=O) groups excluding carboxylic acids is 2. The Labute approximate surface area is 244 Å². The van der Waals surface area contributed by atoms with E-state index in [1.807, 2.05) is 90.7 Å². The molecule has 218 valence electrons. The van der Waals surface area contributed by atoms with Gasteiger partial charge in [-0.3, -0.25) is 9.59 Å². The lowest BCUT2D eigenvalue weighted by atomic mass is 9.80. The number of benzene rings is 3. The molecule has 7 heteroatoms. The lowest BCUT2D eigenvalue weighted by Crippen LogP contribution is -2.47. The van der Waals surface area contributed by atoms with E-state index in [0.717, 1.165) is 47.5 Å². The number of amides is 2. The van der Waals surface area contributed by atoms with Crippen molar-refractivity contribution in [1.82, 2.24) is 15.5 Å². The van der Waals surface area contributed by atoms with Crippen molar-refractivity contribution in [2.75, 3.05) is 33.4 Å². The van der Waals surface area contributed by atoms with Crippen molar-refractivity contribution < 1.29 is 19.1 Å². The fourth-order valence-corrected chi connectivity index (χ4v) is 5.52. The number of ether oxygens (including phenoxy) is 2. The van der Waals surface area contributed by atoms with Crippen LogP contribution >= 0.6 is 0 Å². The molecule has 0 aromatic heterocycles. The van der Waals surface area contributed by atoms with Crippen molar-refractivity contribution >= 4 is 11.8 Å². The molecule has 2 N–H and O–H groups in total. The number of hydrogen-bond acceptors (Lipinski definition) is 5. The Hall–Kier alpha value is -3.84. The molecule has 7 nitrogen and oxygen atoms in total. The summed E-state index contributed by atoms with van der Waals surface area (Å²) in [6.45, 7) is 5.35. The quantitative estimate of drug-likeness (QED) is 0.269. The second kappa shape index (κ2) is 15.8. The standard InChI is InChI=1S/C34H43N3O4/c1-26-11-6-8-16-31(26)41-20-10-15-30-25-37(34(39)24-35-23-29-14-7-9-17-32(29)40-2)19-18-28(30)21-33(38)36-22-27-12-4-3-5-13-27/h3-9,11-14,16-17,28,30,35H,10,15,18-25H2,1-2H3,(H,36,38)/t28-,30-/m0/s1. The van der Waals surface area contributed by atoms with Crippen LogP contribution in [-0.2, 0) is 22.7 Å². The van der Waals surface area contributed by atoms with E-state index in [4.69, 9.17) is 9.47 Å². The van der Waals surface area contributed by atoms with Gasteiger partial charge < -0.3 is 25.0 Å². The minimum Gasteiger partial charge on any atom is -0.496 e. The lowest BCUT2D eigenvalue weighted by molar-refractivity contribution is -0.133. The maximum atomic E-state index is 13.2. The number of para-hydroxylation sites is 2. The van der Waals surface area contributed by atoms with E-state index < -0.39 is 0 Å². The van der Waals surface area contributed by atoms with Gasteiger partial charge >= 0.3 is 0 Å². The maximum absolute atomic E-state index is 13.2. The van der Waals surface area contributed by atoms with Crippen molar-refractivity contribution in [2.45, 2.75) is 45.7 Å². The molecule has 0 saturated carbocycles. The van der Waals surface area contributed by atoms with Crippen LogP contribution in [0.25, 0.3) is 0 Å². The molecule has 1 aliphatic rings. The minimum absolute atomic E-state index is 0.0678. The fraction of sp³-hybridized carbons (Fsp3) is 0.412. The Bertz CT molecular complexity index is 1250. The first-order valence-electron chi connectivity index (χ1n) is 14.6. The molecule has 0 aliphatic carbocycles. The molecule has 4 rings (SSSR count). The van der Waals surface area contributed by atoms with E-state index >= 15 is 0 Å². The predicted molar refractivity (Wildman–Crippen MR) is 162 cm³/mol. The van der Waals surface area contributed by atoms with Gasteiger partial charge in [-0.1, -0.05) is 66.7 Å². The first-order valence-corrected chi connectivity index (χ1v) is 14.6. The largest absolute Gasteiger partial charge is 0.496 e. The van der Waals surface area contributed by atoms with E-state index in [9.17, 15) is 9.59 Å². The van der Waals surface area contributed by atoms with Crippen LogP contribution in [0, 0.1) is 18.8 Å². The second-order valence-corrected chi connectivity index (χ2v) is 10.8. The first kappa shape index (κ1) is 30.1. The summed E-state index contributed by atoms with van der Waals surface area (Å²) in [5.74, 6) is 2.35. The SMILES string of the molecule is COc1ccccc1CNCC(=O)N1CC[C@@H](CC(=O)NCc2ccccc2)[C@@H](CCCOc2ccccc2C)C1. The molecule has 2 atom stereocenters. The monoisotopic (exact) mass is 557 g/mol. The molecule has 0 unspecified atom stereocenters. The second-order valence-electron chi connectivity index (χ2n) is 10.8. The summed E-state index contributed by atoms with van der Waals surface area (Å²) in [6.07, 6.45) is 3.07. The molecule has 3 aromatic rings. The number of aryl methyl sites for hydroxylation is 1. The molecular weight excluding hydrogens is 514 g/mol. The first-order chi connectivity index (χ1) is 20.0. The van der Waals surface area contributed by atoms with Gasteiger partial charge in [0.2, 0.25) is 11.8 Å². The predicted octanol–water partition coefficient (Wildman–Crippen LogP) is 5.12. The molecule has 1 saturated heterocycles. The third kappa shape index (κ3) is 9.35. The molecule has 0 radical (unpaired) electrons. The van der Waals surface area contributed by atoms with E-state index in [2.05, 4.69) is 10.6 Å². The van der Waals surface area contributed by atoms with Gasteiger partial charge in [0.05, 0.1) is 20.3 Å². The summed E-state index contributed by atoms with van der Waals surface area (Å²) < 4.78 is 11.5. The summed E-state index contributed by atoms with van der Waals surface area (Å²) in [5, 5.41) is 6.37. The summed E-state index contributed by atoms with van der Waals surface area (Å²) in [7, 11) is 1.66. The molecule has 0 spiro atoms. The smallest absolute Gasteiger partial charge is 0.236 e. The topological polar surface area (TPSA) is 79.9 Å². The molecule has 1 fully saturated rings. The van der Waals surface area contributed by atoms with E-state index in [1.54, 1.807) is 7.11 Å². The van der Waals surface area contributed by atoms with Crippen molar-refractivity contribution in [3.8, 4) is 11.5 Å². The van der Waals surface area contributed by atoms with Gasteiger partial charge in [0.15, 0.2) is 0 Å². The zero-order valence-corrected chi connectivity index (χ0v) is 24.3. The summed E-state index contributed by atoms with van der Waals surface area (Å²) in [5.41, 5.74) is 3.23. The Balaban J connectivity index is 1.30. The molecule has 41 heavy (non-hydrogen) atoms. The zero-order chi connectivity index (χ0) is 28.9. The summed E-state index contributed by atoms with van der Waals surface area (Å²) >= 11 is 0. The number of nitrogens with one attached hydrogen (secondary N) is 2. The third-order valence-corrected chi connectivity index (χ3v) is 7.88. The van der Waals surface area contributed by atoms with Crippen LogP contribution in [0.15, 0.2) is 78.9 Å². The van der Waals surface area contributed by atoms with E-state index in [-0.39, 0.29) is 30.2 Å². The van der Waals surface area contributed by atoms with Gasteiger partial charge in [-0.15, -0.1) is 0 Å². The number of piperidine rings is 1. The Morgan fingerprint density at radius 3 is 2.41 bits per heavy atom. The van der Waals surface area contributed by atoms with Crippen LogP contribution in [0.4, 0.5) is 0 Å². The van der Waals surface area contributed by atoms with Crippen LogP contribution in [0.1, 0.15) is 42.4 Å². The van der Waals surface area contributed by atoms with Crippen molar-refractivity contribution in [3.05, 3.63) is 95.6 Å². The molecule has 1 aliphatic heterocycles. The van der Waals surface area contributed by atoms with E-state index in [0.29, 0.717) is 39.2 Å².